The van der Waals surface area contributed by atoms with Gasteiger partial charge in [-0.1, -0.05) is 6.92 Å². The summed E-state index contributed by atoms with van der Waals surface area (Å²) in [6, 6.07) is 0. The van der Waals surface area contributed by atoms with Crippen LogP contribution >= 0.6 is 0 Å². The molecule has 0 fully saturated rings. The van der Waals surface area contributed by atoms with Gasteiger partial charge in [-0.25, -0.2) is 0 Å². The van der Waals surface area contributed by atoms with Crippen LogP contribution in [0.5, 0.6) is 0 Å². The van der Waals surface area contributed by atoms with E-state index >= 15 is 0 Å². The van der Waals surface area contributed by atoms with E-state index < -0.39 is 5.60 Å². The van der Waals surface area contributed by atoms with Crippen molar-refractivity contribution in [1.82, 2.24) is 10.2 Å². The van der Waals surface area contributed by atoms with Crippen LogP contribution in [0.25, 0.3) is 0 Å². The Morgan fingerprint density at radius 2 is 2.13 bits per heavy atom. The van der Waals surface area contributed by atoms with Crippen LogP contribution in [0, 0.1) is 0 Å². The van der Waals surface area contributed by atoms with E-state index in [9.17, 15) is 9.90 Å². The van der Waals surface area contributed by atoms with Crippen molar-refractivity contribution in [3.8, 4) is 0 Å². The van der Waals surface area contributed by atoms with E-state index in [0.717, 1.165) is 6.54 Å². The standard InChI is InChI=1S/C10H23N3O2/c1-4-13(8-10(2,3)15)7-9(14)12-6-5-11/h15H,4-8,11H2,1-3H3,(H,12,14). The molecule has 0 rings (SSSR count). The summed E-state index contributed by atoms with van der Waals surface area (Å²) in [5, 5.41) is 12.3. The molecule has 0 radical (unpaired) electrons. The summed E-state index contributed by atoms with van der Waals surface area (Å²) in [5.41, 5.74) is 4.50. The summed E-state index contributed by atoms with van der Waals surface area (Å²) in [6.45, 7) is 7.89. The number of carbonyl (C=O) groups excluding carboxylic acids is 1. The van der Waals surface area contributed by atoms with E-state index in [1.54, 1.807) is 13.8 Å². The molecule has 4 N–H and O–H groups in total. The van der Waals surface area contributed by atoms with Gasteiger partial charge in [0.2, 0.25) is 5.91 Å². The summed E-state index contributed by atoms with van der Waals surface area (Å²) in [6.07, 6.45) is 0. The monoisotopic (exact) mass is 217 g/mol. The maximum Gasteiger partial charge on any atom is 0.234 e. The number of aliphatic hydroxyl groups is 1. The maximum absolute atomic E-state index is 11.4. The maximum atomic E-state index is 11.4. The fraction of sp³-hybridized carbons (Fsp3) is 0.900. The number of nitrogens with two attached hydrogens (primary N) is 1. The summed E-state index contributed by atoms with van der Waals surface area (Å²) in [5.74, 6) is -0.0495. The number of likely N-dealkylation sites (N-methyl/N-ethyl adjacent to an activating group) is 1. The fourth-order valence-corrected chi connectivity index (χ4v) is 1.30. The molecular formula is C10H23N3O2. The number of amides is 1. The predicted molar refractivity (Wildman–Crippen MR) is 60.5 cm³/mol. The highest BCUT2D eigenvalue weighted by Crippen LogP contribution is 2.03. The molecule has 0 saturated carbocycles. The molecule has 0 aliphatic rings. The van der Waals surface area contributed by atoms with Crippen LogP contribution in [0.15, 0.2) is 0 Å². The van der Waals surface area contributed by atoms with E-state index in [1.165, 1.54) is 0 Å². The van der Waals surface area contributed by atoms with Crippen molar-refractivity contribution >= 4 is 5.91 Å². The molecular weight excluding hydrogens is 194 g/mol. The summed E-state index contributed by atoms with van der Waals surface area (Å²) < 4.78 is 0. The van der Waals surface area contributed by atoms with Crippen LogP contribution in [0.1, 0.15) is 20.8 Å². The first-order valence-corrected chi connectivity index (χ1v) is 5.30. The van der Waals surface area contributed by atoms with Crippen molar-refractivity contribution in [2.75, 3.05) is 32.7 Å². The topological polar surface area (TPSA) is 78.6 Å². The highest BCUT2D eigenvalue weighted by molar-refractivity contribution is 5.77. The molecule has 0 aliphatic carbocycles. The molecule has 5 heteroatoms. The number of nitrogens with one attached hydrogen (secondary N) is 1. The molecule has 15 heavy (non-hydrogen) atoms. The Labute approximate surface area is 91.6 Å². The average Bonchev–Trinajstić information content (AvgIpc) is 2.11. The van der Waals surface area contributed by atoms with Crippen LogP contribution in [0.3, 0.4) is 0 Å². The van der Waals surface area contributed by atoms with Crippen molar-refractivity contribution in [2.45, 2.75) is 26.4 Å². The summed E-state index contributed by atoms with van der Waals surface area (Å²) in [4.78, 5) is 13.3. The Kier molecular flexibility index (Phi) is 6.47. The van der Waals surface area contributed by atoms with Gasteiger partial charge in [0.05, 0.1) is 12.1 Å². The molecule has 1 amide bonds. The number of hydrogen-bond acceptors (Lipinski definition) is 4. The summed E-state index contributed by atoms with van der Waals surface area (Å²) in [7, 11) is 0. The number of rotatable bonds is 7. The molecule has 0 atom stereocenters. The van der Waals surface area contributed by atoms with Gasteiger partial charge in [-0.3, -0.25) is 9.69 Å². The zero-order valence-electron chi connectivity index (χ0n) is 9.92. The first-order chi connectivity index (χ1) is 6.89. The predicted octanol–water partition coefficient (Wildman–Crippen LogP) is -0.846. The van der Waals surface area contributed by atoms with Gasteiger partial charge in [-0.15, -0.1) is 0 Å². The third kappa shape index (κ3) is 8.35. The molecule has 0 heterocycles. The molecule has 0 saturated heterocycles. The molecule has 0 aromatic carbocycles. The minimum absolute atomic E-state index is 0.0495. The van der Waals surface area contributed by atoms with E-state index in [0.29, 0.717) is 26.2 Å². The van der Waals surface area contributed by atoms with Crippen LogP contribution in [0.2, 0.25) is 0 Å². The van der Waals surface area contributed by atoms with Gasteiger partial charge in [0.25, 0.3) is 0 Å². The van der Waals surface area contributed by atoms with Gasteiger partial charge >= 0.3 is 0 Å². The van der Waals surface area contributed by atoms with Gasteiger partial charge in [0.1, 0.15) is 0 Å². The van der Waals surface area contributed by atoms with Gasteiger partial charge in [0, 0.05) is 19.6 Å². The Bertz CT molecular complexity index is 190. The van der Waals surface area contributed by atoms with E-state index in [4.69, 9.17) is 5.73 Å². The second-order valence-electron chi connectivity index (χ2n) is 4.25. The number of hydrogen-bond donors (Lipinski definition) is 3. The lowest BCUT2D eigenvalue weighted by molar-refractivity contribution is -0.122. The van der Waals surface area contributed by atoms with Crippen molar-refractivity contribution < 1.29 is 9.90 Å². The van der Waals surface area contributed by atoms with E-state index in [-0.39, 0.29) is 5.91 Å². The lowest BCUT2D eigenvalue weighted by Crippen LogP contribution is -2.44. The third-order valence-electron chi connectivity index (χ3n) is 1.89. The summed E-state index contributed by atoms with van der Waals surface area (Å²) >= 11 is 0. The number of carbonyl (C=O) groups is 1. The molecule has 90 valence electrons. The van der Waals surface area contributed by atoms with E-state index in [2.05, 4.69) is 5.32 Å². The molecule has 0 spiro atoms. The van der Waals surface area contributed by atoms with Crippen molar-refractivity contribution in [2.24, 2.45) is 5.73 Å². The van der Waals surface area contributed by atoms with Crippen molar-refractivity contribution in [3.63, 3.8) is 0 Å². The van der Waals surface area contributed by atoms with Crippen molar-refractivity contribution in [1.29, 1.82) is 0 Å². The lowest BCUT2D eigenvalue weighted by Gasteiger charge is -2.27. The van der Waals surface area contributed by atoms with Gasteiger partial charge in [-0.05, 0) is 20.4 Å². The second kappa shape index (κ2) is 6.76. The highest BCUT2D eigenvalue weighted by atomic mass is 16.3. The minimum atomic E-state index is -0.774. The SMILES string of the molecule is CCN(CC(=O)NCCN)CC(C)(C)O. The van der Waals surface area contributed by atoms with Crippen LogP contribution in [-0.2, 0) is 4.79 Å². The van der Waals surface area contributed by atoms with Crippen molar-refractivity contribution in [3.05, 3.63) is 0 Å². The first kappa shape index (κ1) is 14.3. The van der Waals surface area contributed by atoms with Crippen LogP contribution < -0.4 is 11.1 Å². The van der Waals surface area contributed by atoms with E-state index in [1.807, 2.05) is 11.8 Å². The van der Waals surface area contributed by atoms with Gasteiger partial charge < -0.3 is 16.2 Å². The Morgan fingerprint density at radius 1 is 1.53 bits per heavy atom. The zero-order chi connectivity index (χ0) is 11.9. The quantitative estimate of drug-likeness (QED) is 0.519. The third-order valence-corrected chi connectivity index (χ3v) is 1.89. The van der Waals surface area contributed by atoms with Gasteiger partial charge in [0.15, 0.2) is 0 Å². The smallest absolute Gasteiger partial charge is 0.234 e. The number of nitrogens with zero attached hydrogens (tertiary/aromatic N) is 1. The minimum Gasteiger partial charge on any atom is -0.389 e. The Balaban J connectivity index is 3.93. The molecule has 0 aromatic heterocycles. The van der Waals surface area contributed by atoms with Gasteiger partial charge in [-0.2, -0.15) is 0 Å². The molecule has 0 aromatic rings. The molecule has 5 nitrogen and oxygen atoms in total. The van der Waals surface area contributed by atoms with Crippen LogP contribution in [-0.4, -0.2) is 54.2 Å². The molecule has 0 unspecified atom stereocenters. The lowest BCUT2D eigenvalue weighted by atomic mass is 10.1. The second-order valence-corrected chi connectivity index (χ2v) is 4.25. The Morgan fingerprint density at radius 3 is 2.53 bits per heavy atom. The van der Waals surface area contributed by atoms with Crippen LogP contribution in [0.4, 0.5) is 0 Å². The normalized spacial score (nSPS) is 11.9. The Hall–Kier alpha value is -0.650. The highest BCUT2D eigenvalue weighted by Gasteiger charge is 2.18. The zero-order valence-corrected chi connectivity index (χ0v) is 9.92. The first-order valence-electron chi connectivity index (χ1n) is 5.30. The largest absolute Gasteiger partial charge is 0.389 e. The average molecular weight is 217 g/mol. The molecule has 0 aliphatic heterocycles. The fourth-order valence-electron chi connectivity index (χ4n) is 1.30. The molecule has 0 bridgehead atoms.